The van der Waals surface area contributed by atoms with Crippen LogP contribution < -0.4 is 26.6 Å². The van der Waals surface area contributed by atoms with Gasteiger partial charge in [0.15, 0.2) is 17.5 Å². The Balaban J connectivity index is 1.30. The molecule has 1 aliphatic heterocycles. The monoisotopic (exact) mass is 1320 g/mol. The highest BCUT2D eigenvalue weighted by Gasteiger charge is 2.78. The summed E-state index contributed by atoms with van der Waals surface area (Å²) in [6.07, 6.45) is -12.8. The first-order valence-corrected chi connectivity index (χ1v) is 31.8. The molecule has 1 heterocycles. The number of fused-ring (bicyclic) bond motifs is 5. The number of aliphatic carboxylic acids is 1. The number of esters is 5. The Kier molecular flexibility index (Phi) is 23.7. The van der Waals surface area contributed by atoms with Crippen LogP contribution in [0.1, 0.15) is 153 Å². The molecule has 2 saturated carbocycles. The Morgan fingerprint density at radius 2 is 1.26 bits per heavy atom. The maximum atomic E-state index is 16.0. The van der Waals surface area contributed by atoms with Crippen molar-refractivity contribution in [3.8, 4) is 0 Å². The predicted octanol–water partition coefficient (Wildman–Crippen LogP) is 4.22. The molecule has 514 valence electrons. The van der Waals surface area contributed by atoms with Gasteiger partial charge in [0.1, 0.15) is 48.1 Å². The highest BCUT2D eigenvalue weighted by Crippen LogP contribution is 2.64. The lowest BCUT2D eigenvalue weighted by atomic mass is 9.44. The Morgan fingerprint density at radius 1 is 0.674 bits per heavy atom. The molecule has 3 aliphatic carbocycles. The normalized spacial score (nSPS) is 25.7. The van der Waals surface area contributed by atoms with Crippen LogP contribution in [-0.2, 0) is 76.4 Å². The molecule has 0 radical (unpaired) electrons. The van der Waals surface area contributed by atoms with Gasteiger partial charge in [-0.25, -0.2) is 14.4 Å². The summed E-state index contributed by atoms with van der Waals surface area (Å²) in [6.45, 7) is 15.7. The summed E-state index contributed by atoms with van der Waals surface area (Å²) in [7, 11) is 0. The summed E-state index contributed by atoms with van der Waals surface area (Å²) in [6, 6.07) is 17.6. The highest BCUT2D eigenvalue weighted by molar-refractivity contribution is 5.97. The van der Waals surface area contributed by atoms with Crippen LogP contribution in [0.25, 0.3) is 0 Å². The van der Waals surface area contributed by atoms with Gasteiger partial charge in [0.25, 0.3) is 5.91 Å². The van der Waals surface area contributed by atoms with Crippen LogP contribution in [-0.4, -0.2) is 166 Å². The number of benzene rings is 3. The van der Waals surface area contributed by atoms with Crippen LogP contribution in [0.4, 0.5) is 0 Å². The molecule has 3 aromatic carbocycles. The molecule has 26 heteroatoms. The van der Waals surface area contributed by atoms with Crippen molar-refractivity contribution in [3.05, 3.63) is 119 Å². The van der Waals surface area contributed by atoms with Crippen molar-refractivity contribution >= 4 is 71.1 Å². The number of carbonyl (C=O) groups is 12. The van der Waals surface area contributed by atoms with Crippen LogP contribution in [0, 0.1) is 28.6 Å². The van der Waals surface area contributed by atoms with Crippen molar-refractivity contribution in [3.63, 3.8) is 0 Å². The minimum atomic E-state index is -2.59. The average Bonchev–Trinajstić information content (AvgIpc) is 0.670. The first kappa shape index (κ1) is 73.5. The fourth-order valence-electron chi connectivity index (χ4n) is 13.4. The Labute approximate surface area is 550 Å². The van der Waals surface area contributed by atoms with Crippen molar-refractivity contribution in [2.75, 3.05) is 13.2 Å². The number of ether oxygens (including phenoxy) is 6. The summed E-state index contributed by atoms with van der Waals surface area (Å²) in [5, 5.41) is 48.6. The summed E-state index contributed by atoms with van der Waals surface area (Å²) in [5.41, 5.74) is -8.36. The van der Waals surface area contributed by atoms with E-state index < -0.39 is 179 Å². The molecule has 95 heavy (non-hydrogen) atoms. The number of hydrogen-bond donors (Lipinski definition) is 8. The zero-order valence-electron chi connectivity index (χ0n) is 55.2. The third kappa shape index (κ3) is 16.4. The summed E-state index contributed by atoms with van der Waals surface area (Å²) in [5.74, 6) is -13.5. The van der Waals surface area contributed by atoms with Gasteiger partial charge in [0.05, 0.1) is 36.0 Å². The first-order chi connectivity index (χ1) is 44.7. The molecule has 2 bridgehead atoms. The van der Waals surface area contributed by atoms with E-state index in [4.69, 9.17) is 33.5 Å². The van der Waals surface area contributed by atoms with E-state index in [1.807, 2.05) is 0 Å². The number of rotatable bonds is 27. The number of aliphatic hydroxyl groups is 2. The number of Topliss-reactive ketones (excluding diaryl/α,β-unsaturated/α-hetero) is 1. The fourth-order valence-corrected chi connectivity index (χ4v) is 13.4. The maximum absolute atomic E-state index is 16.0. The number of carbonyl (C=O) groups excluding carboxylic acids is 11. The number of nitrogens with one attached hydrogen (secondary N) is 5. The zero-order chi connectivity index (χ0) is 70.1. The van der Waals surface area contributed by atoms with Gasteiger partial charge >= 0.3 is 35.8 Å². The third-order valence-corrected chi connectivity index (χ3v) is 18.4. The maximum Gasteiger partial charge on any atom is 0.350 e. The van der Waals surface area contributed by atoms with Gasteiger partial charge in [-0.1, -0.05) is 108 Å². The highest BCUT2D eigenvalue weighted by atomic mass is 16.6. The zero-order valence-corrected chi connectivity index (χ0v) is 55.2. The van der Waals surface area contributed by atoms with Crippen LogP contribution in [0.5, 0.6) is 0 Å². The number of hydrogen-bond acceptors (Lipinski definition) is 20. The smallest absolute Gasteiger partial charge is 0.350 e. The molecule has 5 amide bonds. The van der Waals surface area contributed by atoms with Crippen molar-refractivity contribution < 1.29 is 101 Å². The standard InChI is InChI=1S/C69H87N5O21/c1-36(2)31-45(72-51(79)29-30-70-50(78)27-28-52(80)81)62(85)71-39(6)60(83)73-46(32-37(3)4)64(87)93-56(54(42-21-15-12-16-22-42)74-61(84)43-23-17-13-18-24-43)65(88)92-47-34-69(89)59(94-63(86)44-25-19-14-20-26-44)57-67(11,48(77)33-49-68(57,35-90-49)95-41(8)76)58(82)55(91-40(7)75)53(38(47)5)66(69,9)10/h12-26,36-37,39,45-49,54-57,59,77,89H,27-35H2,1-11H3,(H,70,78)(H,71,85)(H,72,79)(H,73,83)(H,74,84)(H,80,81)/t39?,45?,46?,47-,48-,49+,54-,55+,56+,57-,59-,67+,68-,69+/m0/s1. The second-order valence-electron chi connectivity index (χ2n) is 26.4. The fraction of sp³-hybridized carbons (Fsp3) is 0.536. The van der Waals surface area contributed by atoms with E-state index in [-0.39, 0.29) is 78.3 Å². The van der Waals surface area contributed by atoms with Gasteiger partial charge in [-0.05, 0) is 86.4 Å². The van der Waals surface area contributed by atoms with Gasteiger partial charge in [-0.15, -0.1) is 0 Å². The quantitative estimate of drug-likeness (QED) is 0.0301. The Bertz CT molecular complexity index is 3410. The summed E-state index contributed by atoms with van der Waals surface area (Å²) < 4.78 is 37.4. The molecule has 14 atom stereocenters. The van der Waals surface area contributed by atoms with Crippen molar-refractivity contribution in [2.24, 2.45) is 28.6 Å². The van der Waals surface area contributed by atoms with E-state index in [2.05, 4.69) is 26.6 Å². The molecular weight excluding hydrogens is 1230 g/mol. The Hall–Kier alpha value is -8.88. The number of carboxylic acids is 1. The van der Waals surface area contributed by atoms with E-state index >= 15 is 14.4 Å². The van der Waals surface area contributed by atoms with E-state index in [9.17, 15) is 53.4 Å². The molecule has 26 nitrogen and oxygen atoms in total. The number of amides is 5. The molecule has 3 unspecified atom stereocenters. The molecule has 1 saturated heterocycles. The van der Waals surface area contributed by atoms with E-state index in [0.717, 1.165) is 13.8 Å². The van der Waals surface area contributed by atoms with Gasteiger partial charge in [0.2, 0.25) is 29.7 Å². The van der Waals surface area contributed by atoms with Crippen molar-refractivity contribution in [1.82, 2.24) is 26.6 Å². The molecule has 3 aromatic rings. The minimum Gasteiger partial charge on any atom is -0.481 e. The van der Waals surface area contributed by atoms with Crippen LogP contribution in [0.2, 0.25) is 0 Å². The second kappa shape index (κ2) is 30.7. The predicted molar refractivity (Wildman–Crippen MR) is 336 cm³/mol. The largest absolute Gasteiger partial charge is 0.481 e. The molecule has 3 fully saturated rings. The van der Waals surface area contributed by atoms with Gasteiger partial charge in [-0.2, -0.15) is 0 Å². The van der Waals surface area contributed by atoms with Crippen LogP contribution in [0.15, 0.2) is 102 Å². The molecule has 7 rings (SSSR count). The average molecular weight is 1320 g/mol. The topological polar surface area (TPSA) is 381 Å². The second-order valence-corrected chi connectivity index (χ2v) is 26.4. The van der Waals surface area contributed by atoms with E-state index in [1.165, 1.54) is 71.0 Å². The van der Waals surface area contributed by atoms with Gasteiger partial charge < -0.3 is 70.3 Å². The summed E-state index contributed by atoms with van der Waals surface area (Å²) >= 11 is 0. The molecule has 8 N–H and O–H groups in total. The number of aliphatic hydroxyl groups excluding tert-OH is 1. The van der Waals surface area contributed by atoms with Gasteiger partial charge in [0, 0.05) is 57.1 Å². The number of ketones is 1. The molecule has 0 aromatic heterocycles. The number of carboxylic acid groups (broad SMARTS) is 1. The van der Waals surface area contributed by atoms with Crippen LogP contribution in [0.3, 0.4) is 0 Å². The van der Waals surface area contributed by atoms with E-state index in [0.29, 0.717) is 0 Å². The van der Waals surface area contributed by atoms with Crippen molar-refractivity contribution in [1.29, 1.82) is 0 Å². The minimum absolute atomic E-state index is 0.0149. The van der Waals surface area contributed by atoms with Crippen molar-refractivity contribution in [2.45, 2.75) is 193 Å². The lowest BCUT2D eigenvalue weighted by molar-refractivity contribution is -0.346. The lowest BCUT2D eigenvalue weighted by Gasteiger charge is -2.67. The molecular formula is C69H87N5O21. The SMILES string of the molecule is CC(=O)O[C@H]1C(=O)[C@@]2(C)[C@H]([C@H](OC(=O)c3ccccc3)[C@]3(O)C[C@H](OC(=O)[C@H](OC(=O)C(CC(C)C)NC(=O)C(C)NC(=O)C(CC(C)C)NC(=O)CCNC(=O)CCC(=O)O)[C@@H](NC(=O)c4ccccc4)c4ccccc4)C(C)=C1C3(C)C)[C@]1(OC(C)=O)CO[C@@H]1C[C@@H]2O. The first-order valence-electron chi connectivity index (χ1n) is 31.8. The third-order valence-electron chi connectivity index (χ3n) is 18.4. The Morgan fingerprint density at radius 3 is 1.82 bits per heavy atom. The van der Waals surface area contributed by atoms with E-state index in [1.54, 1.807) is 82.3 Å². The molecule has 0 spiro atoms. The van der Waals surface area contributed by atoms with Gasteiger partial charge in [-0.3, -0.25) is 43.2 Å². The lowest BCUT2D eigenvalue weighted by Crippen LogP contribution is -2.82. The van der Waals surface area contributed by atoms with Crippen LogP contribution >= 0.6 is 0 Å². The molecule has 4 aliphatic rings. The summed E-state index contributed by atoms with van der Waals surface area (Å²) in [4.78, 5) is 167.